The van der Waals surface area contributed by atoms with Gasteiger partial charge in [-0.05, 0) is 73.2 Å². The Balaban J connectivity index is 1.48. The number of hydrogen-bond acceptors (Lipinski definition) is 5. The molecule has 0 saturated carbocycles. The van der Waals surface area contributed by atoms with E-state index in [2.05, 4.69) is 0 Å². The highest BCUT2D eigenvalue weighted by atomic mass is 32.2. The van der Waals surface area contributed by atoms with E-state index in [0.717, 1.165) is 19.3 Å². The van der Waals surface area contributed by atoms with Crippen LogP contribution in [0, 0.1) is 0 Å². The predicted molar refractivity (Wildman–Crippen MR) is 96.7 cm³/mol. The van der Waals surface area contributed by atoms with E-state index >= 15 is 0 Å². The molecule has 7 heteroatoms. The van der Waals surface area contributed by atoms with Crippen LogP contribution in [-0.4, -0.2) is 27.6 Å². The standard InChI is InChI=1S/C19H21NO5S/c20-26(22,23)18-9-7-17(8-10-18)24-11-12-25-19(21)16-6-5-14-3-1-2-4-15(14)13-16/h5-10,13H,1-4,11-12H2,(H2,20,22,23). The van der Waals surface area contributed by atoms with Gasteiger partial charge < -0.3 is 9.47 Å². The van der Waals surface area contributed by atoms with Gasteiger partial charge in [0.25, 0.3) is 0 Å². The van der Waals surface area contributed by atoms with Crippen LogP contribution in [0.5, 0.6) is 5.75 Å². The highest BCUT2D eigenvalue weighted by Crippen LogP contribution is 2.22. The van der Waals surface area contributed by atoms with Gasteiger partial charge >= 0.3 is 5.97 Å². The first-order chi connectivity index (χ1) is 12.4. The number of carbonyl (C=O) groups excluding carboxylic acids is 1. The molecular formula is C19H21NO5S. The molecule has 26 heavy (non-hydrogen) atoms. The topological polar surface area (TPSA) is 95.7 Å². The second kappa shape index (κ2) is 7.88. The largest absolute Gasteiger partial charge is 0.490 e. The molecule has 3 rings (SSSR count). The van der Waals surface area contributed by atoms with Crippen molar-refractivity contribution in [2.75, 3.05) is 13.2 Å². The molecule has 0 aliphatic heterocycles. The zero-order chi connectivity index (χ0) is 18.6. The Morgan fingerprint density at radius 3 is 2.35 bits per heavy atom. The fourth-order valence-electron chi connectivity index (χ4n) is 2.96. The number of nitrogens with two attached hydrogens (primary N) is 1. The smallest absolute Gasteiger partial charge is 0.338 e. The van der Waals surface area contributed by atoms with Crippen molar-refractivity contribution in [2.24, 2.45) is 5.14 Å². The number of rotatable bonds is 6. The van der Waals surface area contributed by atoms with Gasteiger partial charge in [-0.3, -0.25) is 0 Å². The Hall–Kier alpha value is -2.38. The van der Waals surface area contributed by atoms with Crippen LogP contribution in [0.3, 0.4) is 0 Å². The molecule has 2 N–H and O–H groups in total. The number of esters is 1. The molecule has 2 aromatic rings. The molecule has 1 aliphatic rings. The van der Waals surface area contributed by atoms with Crippen molar-refractivity contribution in [3.8, 4) is 5.75 Å². The van der Waals surface area contributed by atoms with E-state index < -0.39 is 10.0 Å². The maximum atomic E-state index is 12.1. The summed E-state index contributed by atoms with van der Waals surface area (Å²) in [5.74, 6) is 0.105. The highest BCUT2D eigenvalue weighted by Gasteiger charge is 2.13. The summed E-state index contributed by atoms with van der Waals surface area (Å²) in [4.78, 5) is 12.2. The van der Waals surface area contributed by atoms with Crippen molar-refractivity contribution in [3.05, 3.63) is 59.2 Å². The summed E-state index contributed by atoms with van der Waals surface area (Å²) < 4.78 is 33.0. The molecule has 0 atom stereocenters. The van der Waals surface area contributed by atoms with Crippen LogP contribution in [0.25, 0.3) is 0 Å². The SMILES string of the molecule is NS(=O)(=O)c1ccc(OCCOC(=O)c2ccc3c(c2)CCCC3)cc1. The number of hydrogen-bond donors (Lipinski definition) is 1. The monoisotopic (exact) mass is 375 g/mol. The van der Waals surface area contributed by atoms with Crippen LogP contribution in [0.2, 0.25) is 0 Å². The van der Waals surface area contributed by atoms with Gasteiger partial charge in [0, 0.05) is 0 Å². The molecule has 0 bridgehead atoms. The minimum atomic E-state index is -3.72. The molecule has 6 nitrogen and oxygen atoms in total. The van der Waals surface area contributed by atoms with Gasteiger partial charge in [0.05, 0.1) is 10.5 Å². The van der Waals surface area contributed by atoms with E-state index in [1.165, 1.54) is 41.8 Å². The molecule has 0 saturated heterocycles. The van der Waals surface area contributed by atoms with Crippen molar-refractivity contribution in [2.45, 2.75) is 30.6 Å². The van der Waals surface area contributed by atoms with Gasteiger partial charge in [-0.1, -0.05) is 6.07 Å². The fraction of sp³-hybridized carbons (Fsp3) is 0.316. The summed E-state index contributed by atoms with van der Waals surface area (Å²) in [5.41, 5.74) is 3.11. The zero-order valence-corrected chi connectivity index (χ0v) is 15.1. The molecule has 138 valence electrons. The summed E-state index contributed by atoms with van der Waals surface area (Å²) in [6, 6.07) is 11.5. The second-order valence-electron chi connectivity index (χ2n) is 6.19. The lowest BCUT2D eigenvalue weighted by molar-refractivity contribution is 0.0450. The van der Waals surface area contributed by atoms with Crippen molar-refractivity contribution < 1.29 is 22.7 Å². The van der Waals surface area contributed by atoms with Gasteiger partial charge in [0.15, 0.2) is 0 Å². The van der Waals surface area contributed by atoms with Crippen LogP contribution in [0.15, 0.2) is 47.4 Å². The average molecular weight is 375 g/mol. The maximum absolute atomic E-state index is 12.1. The zero-order valence-electron chi connectivity index (χ0n) is 14.3. The fourth-order valence-corrected chi connectivity index (χ4v) is 3.48. The molecule has 2 aromatic carbocycles. The van der Waals surface area contributed by atoms with Crippen LogP contribution >= 0.6 is 0 Å². The van der Waals surface area contributed by atoms with E-state index in [0.29, 0.717) is 11.3 Å². The molecule has 0 spiro atoms. The van der Waals surface area contributed by atoms with Gasteiger partial charge in [-0.2, -0.15) is 0 Å². The third-order valence-corrected chi connectivity index (χ3v) is 5.25. The third-order valence-electron chi connectivity index (χ3n) is 4.32. The van der Waals surface area contributed by atoms with Crippen LogP contribution in [0.1, 0.15) is 34.3 Å². The van der Waals surface area contributed by atoms with Crippen molar-refractivity contribution in [1.29, 1.82) is 0 Å². The van der Waals surface area contributed by atoms with Gasteiger partial charge in [-0.25, -0.2) is 18.4 Å². The summed E-state index contributed by atoms with van der Waals surface area (Å²) in [5, 5.41) is 5.03. The van der Waals surface area contributed by atoms with E-state index in [1.54, 1.807) is 6.07 Å². The number of carbonyl (C=O) groups is 1. The Labute approximate surface area is 153 Å². The number of aryl methyl sites for hydroxylation is 2. The lowest BCUT2D eigenvalue weighted by Gasteiger charge is -2.16. The van der Waals surface area contributed by atoms with E-state index in [4.69, 9.17) is 14.6 Å². The Kier molecular flexibility index (Phi) is 5.58. The third kappa shape index (κ3) is 4.62. The first-order valence-corrected chi connectivity index (χ1v) is 10.0. The number of primary sulfonamides is 1. The molecular weight excluding hydrogens is 354 g/mol. The number of ether oxygens (including phenoxy) is 2. The average Bonchev–Trinajstić information content (AvgIpc) is 2.64. The normalized spacial score (nSPS) is 13.7. The summed E-state index contributed by atoms with van der Waals surface area (Å²) >= 11 is 0. The molecule has 0 amide bonds. The summed E-state index contributed by atoms with van der Waals surface area (Å²) in [6.45, 7) is 0.276. The van der Waals surface area contributed by atoms with Crippen molar-refractivity contribution in [1.82, 2.24) is 0 Å². The number of fused-ring (bicyclic) bond motifs is 1. The highest BCUT2D eigenvalue weighted by molar-refractivity contribution is 7.89. The Bertz CT molecular complexity index is 891. The Morgan fingerprint density at radius 1 is 0.962 bits per heavy atom. The molecule has 0 fully saturated rings. The summed E-state index contributed by atoms with van der Waals surface area (Å²) in [6.07, 6.45) is 4.44. The molecule has 0 radical (unpaired) electrons. The minimum absolute atomic E-state index is 0.0173. The number of benzene rings is 2. The van der Waals surface area contributed by atoms with E-state index in [9.17, 15) is 13.2 Å². The number of sulfonamides is 1. The van der Waals surface area contributed by atoms with Crippen LogP contribution in [-0.2, 0) is 27.6 Å². The van der Waals surface area contributed by atoms with E-state index in [-0.39, 0.29) is 24.1 Å². The second-order valence-corrected chi connectivity index (χ2v) is 7.75. The van der Waals surface area contributed by atoms with E-state index in [1.807, 2.05) is 12.1 Å². The predicted octanol–water partition coefficient (Wildman–Crippen LogP) is 2.45. The molecule has 0 aromatic heterocycles. The molecule has 1 aliphatic carbocycles. The van der Waals surface area contributed by atoms with Crippen molar-refractivity contribution >= 4 is 16.0 Å². The van der Waals surface area contributed by atoms with Gasteiger partial charge in [0.1, 0.15) is 19.0 Å². The molecule has 0 unspecified atom stereocenters. The van der Waals surface area contributed by atoms with Gasteiger partial charge in [0.2, 0.25) is 10.0 Å². The van der Waals surface area contributed by atoms with Gasteiger partial charge in [-0.15, -0.1) is 0 Å². The first-order valence-electron chi connectivity index (χ1n) is 8.48. The van der Waals surface area contributed by atoms with Crippen molar-refractivity contribution in [3.63, 3.8) is 0 Å². The minimum Gasteiger partial charge on any atom is -0.490 e. The van der Waals surface area contributed by atoms with Crippen LogP contribution in [0.4, 0.5) is 0 Å². The molecule has 0 heterocycles. The Morgan fingerprint density at radius 2 is 1.65 bits per heavy atom. The lowest BCUT2D eigenvalue weighted by Crippen LogP contribution is -2.14. The lowest BCUT2D eigenvalue weighted by atomic mass is 9.90. The van der Waals surface area contributed by atoms with Crippen LogP contribution < -0.4 is 9.88 Å². The maximum Gasteiger partial charge on any atom is 0.338 e. The quantitative estimate of drug-likeness (QED) is 0.618. The first kappa shape index (κ1) is 18.4. The summed E-state index contributed by atoms with van der Waals surface area (Å²) in [7, 11) is -3.72.